The number of nitriles is 1. The molecule has 0 aliphatic carbocycles. The predicted molar refractivity (Wildman–Crippen MR) is 121 cm³/mol. The molecular formula is C25H31N3O3. The summed E-state index contributed by atoms with van der Waals surface area (Å²) >= 11 is 0. The first-order chi connectivity index (χ1) is 14.9. The van der Waals surface area contributed by atoms with Gasteiger partial charge in [-0.05, 0) is 68.7 Å². The quantitative estimate of drug-likeness (QED) is 0.640. The Morgan fingerprint density at radius 3 is 2.58 bits per heavy atom. The van der Waals surface area contributed by atoms with Crippen LogP contribution in [0.1, 0.15) is 49.9 Å². The number of aryl methyl sites for hydroxylation is 1. The Bertz CT molecular complexity index is 934. The zero-order valence-electron chi connectivity index (χ0n) is 18.7. The molecule has 1 saturated heterocycles. The van der Waals surface area contributed by atoms with Crippen molar-refractivity contribution in [3.8, 4) is 11.8 Å². The standard InChI is InChI=1S/C25H31N3O3/c1-5-18-8-11-23(31-21-12-13-28(16-21)17(2)3)22(14-18)24(25(29)30-4)27-20-9-6-19(15-26)7-10-20/h6-11,14,17,21,24,27H,5,12-13,16H2,1-4H3. The summed E-state index contributed by atoms with van der Waals surface area (Å²) < 4.78 is 11.5. The highest BCUT2D eigenvalue weighted by molar-refractivity contribution is 5.82. The molecule has 1 aliphatic heterocycles. The Hall–Kier alpha value is -3.04. The number of benzene rings is 2. The zero-order valence-corrected chi connectivity index (χ0v) is 18.7. The fourth-order valence-electron chi connectivity index (χ4n) is 3.84. The van der Waals surface area contributed by atoms with Crippen LogP contribution in [0.2, 0.25) is 0 Å². The summed E-state index contributed by atoms with van der Waals surface area (Å²) in [6.45, 7) is 8.35. The number of hydrogen-bond acceptors (Lipinski definition) is 6. The summed E-state index contributed by atoms with van der Waals surface area (Å²) in [7, 11) is 1.39. The highest BCUT2D eigenvalue weighted by Gasteiger charge is 2.29. The average Bonchev–Trinajstić information content (AvgIpc) is 3.26. The van der Waals surface area contributed by atoms with Gasteiger partial charge < -0.3 is 14.8 Å². The number of carbonyl (C=O) groups is 1. The van der Waals surface area contributed by atoms with E-state index in [1.807, 2.05) is 18.2 Å². The number of esters is 1. The summed E-state index contributed by atoms with van der Waals surface area (Å²) in [6, 6.07) is 14.9. The van der Waals surface area contributed by atoms with Gasteiger partial charge in [-0.3, -0.25) is 4.90 Å². The van der Waals surface area contributed by atoms with Crippen LogP contribution in [0.15, 0.2) is 42.5 Å². The second-order valence-corrected chi connectivity index (χ2v) is 8.13. The van der Waals surface area contributed by atoms with E-state index in [0.29, 0.717) is 17.4 Å². The molecule has 1 N–H and O–H groups in total. The second kappa shape index (κ2) is 10.3. The molecule has 0 amide bonds. The van der Waals surface area contributed by atoms with E-state index in [9.17, 15) is 4.79 Å². The first-order valence-electron chi connectivity index (χ1n) is 10.8. The van der Waals surface area contributed by atoms with Gasteiger partial charge in [0.15, 0.2) is 6.04 Å². The van der Waals surface area contributed by atoms with Gasteiger partial charge in [0.1, 0.15) is 11.9 Å². The van der Waals surface area contributed by atoms with Gasteiger partial charge >= 0.3 is 5.97 Å². The minimum atomic E-state index is -0.720. The van der Waals surface area contributed by atoms with Crippen molar-refractivity contribution in [3.05, 3.63) is 59.2 Å². The molecule has 31 heavy (non-hydrogen) atoms. The van der Waals surface area contributed by atoms with E-state index in [0.717, 1.165) is 42.7 Å². The predicted octanol–water partition coefficient (Wildman–Crippen LogP) is 4.31. The summed E-state index contributed by atoms with van der Waals surface area (Å²) in [5, 5.41) is 12.3. The van der Waals surface area contributed by atoms with E-state index in [1.54, 1.807) is 24.3 Å². The first kappa shape index (κ1) is 22.6. The normalized spacial score (nSPS) is 17.2. The molecule has 2 atom stereocenters. The highest BCUT2D eigenvalue weighted by Crippen LogP contribution is 2.32. The van der Waals surface area contributed by atoms with Crippen LogP contribution in [0.5, 0.6) is 5.75 Å². The largest absolute Gasteiger partial charge is 0.489 e. The topological polar surface area (TPSA) is 74.6 Å². The molecular weight excluding hydrogens is 390 g/mol. The molecule has 1 aliphatic rings. The molecule has 0 radical (unpaired) electrons. The Kier molecular flexibility index (Phi) is 7.54. The SMILES string of the molecule is CCc1ccc(OC2CCN(C(C)C)C2)c(C(Nc2ccc(C#N)cc2)C(=O)OC)c1. The van der Waals surface area contributed by atoms with Crippen LogP contribution >= 0.6 is 0 Å². The smallest absolute Gasteiger partial charge is 0.333 e. The van der Waals surface area contributed by atoms with Gasteiger partial charge in [-0.15, -0.1) is 0 Å². The Morgan fingerprint density at radius 2 is 2.00 bits per heavy atom. The molecule has 3 rings (SSSR count). The van der Waals surface area contributed by atoms with Gasteiger partial charge in [-0.2, -0.15) is 5.26 Å². The van der Waals surface area contributed by atoms with Crippen molar-refractivity contribution in [1.82, 2.24) is 4.90 Å². The van der Waals surface area contributed by atoms with Gasteiger partial charge in [-0.25, -0.2) is 4.79 Å². The van der Waals surface area contributed by atoms with Crippen LogP contribution in [-0.2, 0) is 16.0 Å². The van der Waals surface area contributed by atoms with Crippen LogP contribution in [0, 0.1) is 11.3 Å². The summed E-state index contributed by atoms with van der Waals surface area (Å²) in [6.07, 6.45) is 1.89. The van der Waals surface area contributed by atoms with Crippen molar-refractivity contribution in [2.75, 3.05) is 25.5 Å². The fraction of sp³-hybridized carbons (Fsp3) is 0.440. The maximum Gasteiger partial charge on any atom is 0.333 e. The van der Waals surface area contributed by atoms with Crippen molar-refractivity contribution in [3.63, 3.8) is 0 Å². The third-order valence-electron chi connectivity index (χ3n) is 5.76. The maximum absolute atomic E-state index is 12.8. The Morgan fingerprint density at radius 1 is 1.26 bits per heavy atom. The lowest BCUT2D eigenvalue weighted by molar-refractivity contribution is -0.141. The third kappa shape index (κ3) is 5.56. The van der Waals surface area contributed by atoms with Crippen molar-refractivity contribution in [1.29, 1.82) is 5.26 Å². The van der Waals surface area contributed by atoms with Gasteiger partial charge in [0.05, 0.1) is 18.7 Å². The fourth-order valence-corrected chi connectivity index (χ4v) is 3.84. The number of carbonyl (C=O) groups excluding carboxylic acids is 1. The lowest BCUT2D eigenvalue weighted by atomic mass is 10.0. The minimum Gasteiger partial charge on any atom is -0.489 e. The Labute approximate surface area is 184 Å². The van der Waals surface area contributed by atoms with Crippen molar-refractivity contribution < 1.29 is 14.3 Å². The first-order valence-corrected chi connectivity index (χ1v) is 10.8. The lowest BCUT2D eigenvalue weighted by Crippen LogP contribution is -2.31. The maximum atomic E-state index is 12.8. The van der Waals surface area contributed by atoms with Crippen molar-refractivity contribution >= 4 is 11.7 Å². The molecule has 0 bridgehead atoms. The van der Waals surface area contributed by atoms with E-state index in [4.69, 9.17) is 14.7 Å². The van der Waals surface area contributed by atoms with Crippen LogP contribution in [0.25, 0.3) is 0 Å². The molecule has 6 nitrogen and oxygen atoms in total. The summed E-state index contributed by atoms with van der Waals surface area (Å²) in [4.78, 5) is 15.2. The molecule has 6 heteroatoms. The zero-order chi connectivity index (χ0) is 22.4. The van der Waals surface area contributed by atoms with Crippen LogP contribution in [-0.4, -0.2) is 43.2 Å². The minimum absolute atomic E-state index is 0.0850. The van der Waals surface area contributed by atoms with Crippen molar-refractivity contribution in [2.24, 2.45) is 0 Å². The van der Waals surface area contributed by atoms with Gasteiger partial charge in [0.2, 0.25) is 0 Å². The van der Waals surface area contributed by atoms with Gasteiger partial charge in [0.25, 0.3) is 0 Å². The van der Waals surface area contributed by atoms with Gasteiger partial charge in [0, 0.05) is 30.4 Å². The van der Waals surface area contributed by atoms with E-state index in [2.05, 4.69) is 37.1 Å². The molecule has 1 heterocycles. The van der Waals surface area contributed by atoms with Crippen molar-refractivity contribution in [2.45, 2.75) is 51.8 Å². The molecule has 164 valence electrons. The summed E-state index contributed by atoms with van der Waals surface area (Å²) in [5.74, 6) is 0.307. The molecule has 2 aromatic carbocycles. The number of hydrogen-bond donors (Lipinski definition) is 1. The van der Waals surface area contributed by atoms with Crippen LogP contribution in [0.4, 0.5) is 5.69 Å². The molecule has 0 spiro atoms. The van der Waals surface area contributed by atoms with E-state index < -0.39 is 12.0 Å². The average molecular weight is 422 g/mol. The molecule has 0 aromatic heterocycles. The second-order valence-electron chi connectivity index (χ2n) is 8.13. The molecule has 2 aromatic rings. The van der Waals surface area contributed by atoms with E-state index in [1.165, 1.54) is 7.11 Å². The number of methoxy groups -OCH3 is 1. The number of nitrogens with one attached hydrogen (secondary N) is 1. The van der Waals surface area contributed by atoms with Gasteiger partial charge in [-0.1, -0.05) is 13.0 Å². The third-order valence-corrected chi connectivity index (χ3v) is 5.76. The molecule has 0 saturated carbocycles. The highest BCUT2D eigenvalue weighted by atomic mass is 16.5. The summed E-state index contributed by atoms with van der Waals surface area (Å²) in [5.41, 5.74) is 3.17. The molecule has 1 fully saturated rings. The lowest BCUT2D eigenvalue weighted by Gasteiger charge is -2.24. The Balaban J connectivity index is 1.91. The number of rotatable bonds is 8. The van der Waals surface area contributed by atoms with Crippen LogP contribution in [0.3, 0.4) is 0 Å². The van der Waals surface area contributed by atoms with Crippen LogP contribution < -0.4 is 10.1 Å². The number of nitrogens with zero attached hydrogens (tertiary/aromatic N) is 2. The molecule has 2 unspecified atom stereocenters. The number of likely N-dealkylation sites (tertiary alicyclic amines) is 1. The van der Waals surface area contributed by atoms with E-state index in [-0.39, 0.29) is 6.10 Å². The number of ether oxygens (including phenoxy) is 2. The van der Waals surface area contributed by atoms with E-state index >= 15 is 0 Å². The number of anilines is 1. The monoisotopic (exact) mass is 421 g/mol.